The Balaban J connectivity index is 2.13. The monoisotopic (exact) mass is 230 g/mol. The Bertz CT molecular complexity index is 205. The van der Waals surface area contributed by atoms with Gasteiger partial charge in [-0.2, -0.15) is 0 Å². The highest BCUT2D eigenvalue weighted by Crippen LogP contribution is 2.11. The van der Waals surface area contributed by atoms with Crippen molar-refractivity contribution in [2.24, 2.45) is 5.73 Å². The Morgan fingerprint density at radius 3 is 3.06 bits per heavy atom. The van der Waals surface area contributed by atoms with Crippen molar-refractivity contribution in [1.82, 2.24) is 5.32 Å². The number of carbonyl (C=O) groups is 1. The molecule has 0 saturated carbocycles. The standard InChI is InChI=1S/C11H22N2O3/c1-2-5-13-10(11(12)14)8-15-7-9-4-3-6-16-9/h9-10,13H,2-8H2,1H3,(H2,12,14). The minimum absolute atomic E-state index is 0.194. The molecule has 1 aliphatic heterocycles. The van der Waals surface area contributed by atoms with Crippen molar-refractivity contribution in [2.75, 3.05) is 26.4 Å². The third-order valence-corrected chi connectivity index (χ3v) is 2.60. The van der Waals surface area contributed by atoms with Crippen LogP contribution in [0.3, 0.4) is 0 Å². The summed E-state index contributed by atoms with van der Waals surface area (Å²) in [6.45, 7) is 4.52. The molecule has 1 amide bonds. The second-order valence-corrected chi connectivity index (χ2v) is 4.08. The van der Waals surface area contributed by atoms with Crippen LogP contribution in [0.4, 0.5) is 0 Å². The summed E-state index contributed by atoms with van der Waals surface area (Å²) in [6.07, 6.45) is 3.31. The average Bonchev–Trinajstić information content (AvgIpc) is 2.75. The predicted molar refractivity (Wildman–Crippen MR) is 61.1 cm³/mol. The second-order valence-electron chi connectivity index (χ2n) is 4.08. The minimum Gasteiger partial charge on any atom is -0.377 e. The Kier molecular flexibility index (Phi) is 6.37. The van der Waals surface area contributed by atoms with E-state index in [1.54, 1.807) is 0 Å². The van der Waals surface area contributed by atoms with Crippen molar-refractivity contribution < 1.29 is 14.3 Å². The van der Waals surface area contributed by atoms with Crippen LogP contribution < -0.4 is 11.1 Å². The van der Waals surface area contributed by atoms with Crippen LogP contribution in [0.5, 0.6) is 0 Å². The topological polar surface area (TPSA) is 73.6 Å². The summed E-state index contributed by atoms with van der Waals surface area (Å²) in [7, 11) is 0. The molecule has 0 radical (unpaired) electrons. The zero-order chi connectivity index (χ0) is 11.8. The molecule has 1 saturated heterocycles. The summed E-state index contributed by atoms with van der Waals surface area (Å²) in [5, 5.41) is 3.05. The van der Waals surface area contributed by atoms with Gasteiger partial charge in [-0.3, -0.25) is 4.79 Å². The summed E-state index contributed by atoms with van der Waals surface area (Å²) in [6, 6.07) is -0.388. The maximum Gasteiger partial charge on any atom is 0.236 e. The first-order valence-electron chi connectivity index (χ1n) is 5.96. The zero-order valence-electron chi connectivity index (χ0n) is 9.91. The summed E-state index contributed by atoms with van der Waals surface area (Å²) in [5.41, 5.74) is 5.26. The highest BCUT2D eigenvalue weighted by atomic mass is 16.5. The number of rotatable bonds is 8. The predicted octanol–water partition coefficient (Wildman–Crippen LogP) is 0.0355. The fourth-order valence-electron chi connectivity index (χ4n) is 1.65. The molecular formula is C11H22N2O3. The number of nitrogens with one attached hydrogen (secondary N) is 1. The Morgan fingerprint density at radius 2 is 2.50 bits per heavy atom. The smallest absolute Gasteiger partial charge is 0.236 e. The lowest BCUT2D eigenvalue weighted by Crippen LogP contribution is -2.45. The maximum atomic E-state index is 11.1. The van der Waals surface area contributed by atoms with Crippen molar-refractivity contribution >= 4 is 5.91 Å². The molecule has 0 spiro atoms. The first-order valence-corrected chi connectivity index (χ1v) is 5.96. The molecule has 2 atom stereocenters. The van der Waals surface area contributed by atoms with E-state index in [0.29, 0.717) is 13.2 Å². The molecule has 1 fully saturated rings. The lowest BCUT2D eigenvalue weighted by Gasteiger charge is -2.16. The van der Waals surface area contributed by atoms with Crippen LogP contribution in [0, 0.1) is 0 Å². The van der Waals surface area contributed by atoms with Crippen LogP contribution in [-0.4, -0.2) is 44.4 Å². The van der Waals surface area contributed by atoms with Gasteiger partial charge in [-0.25, -0.2) is 0 Å². The molecular weight excluding hydrogens is 208 g/mol. The summed E-state index contributed by atoms with van der Waals surface area (Å²) < 4.78 is 10.9. The van der Waals surface area contributed by atoms with Crippen molar-refractivity contribution in [3.8, 4) is 0 Å². The molecule has 0 aliphatic carbocycles. The van der Waals surface area contributed by atoms with Gasteiger partial charge in [-0.05, 0) is 25.8 Å². The normalized spacial score (nSPS) is 22.2. The lowest BCUT2D eigenvalue weighted by molar-refractivity contribution is -0.121. The Hall–Kier alpha value is -0.650. The average molecular weight is 230 g/mol. The van der Waals surface area contributed by atoms with Crippen molar-refractivity contribution in [2.45, 2.75) is 38.3 Å². The number of primary amides is 1. The van der Waals surface area contributed by atoms with Gasteiger partial charge in [0.15, 0.2) is 0 Å². The third-order valence-electron chi connectivity index (χ3n) is 2.60. The number of amides is 1. The molecule has 0 bridgehead atoms. The van der Waals surface area contributed by atoms with Crippen molar-refractivity contribution in [1.29, 1.82) is 0 Å². The van der Waals surface area contributed by atoms with E-state index in [-0.39, 0.29) is 18.1 Å². The number of hydrogen-bond acceptors (Lipinski definition) is 4. The van der Waals surface area contributed by atoms with Gasteiger partial charge in [0.05, 0.1) is 19.3 Å². The van der Waals surface area contributed by atoms with E-state index in [0.717, 1.165) is 32.4 Å². The van der Waals surface area contributed by atoms with Gasteiger partial charge in [-0.1, -0.05) is 6.92 Å². The first-order chi connectivity index (χ1) is 7.74. The van der Waals surface area contributed by atoms with E-state index in [1.807, 2.05) is 6.92 Å². The molecule has 1 aliphatic rings. The van der Waals surface area contributed by atoms with Gasteiger partial charge >= 0.3 is 0 Å². The lowest BCUT2D eigenvalue weighted by atomic mass is 10.2. The third kappa shape index (κ3) is 4.92. The minimum atomic E-state index is -0.388. The van der Waals surface area contributed by atoms with Gasteiger partial charge < -0.3 is 20.5 Å². The van der Waals surface area contributed by atoms with E-state index >= 15 is 0 Å². The molecule has 0 aromatic carbocycles. The molecule has 0 aromatic heterocycles. The molecule has 2 unspecified atom stereocenters. The van der Waals surface area contributed by atoms with Gasteiger partial charge in [0, 0.05) is 6.61 Å². The fourth-order valence-corrected chi connectivity index (χ4v) is 1.65. The summed E-state index contributed by atoms with van der Waals surface area (Å²) >= 11 is 0. The number of hydrogen-bond donors (Lipinski definition) is 2. The SMILES string of the molecule is CCCNC(COCC1CCCO1)C(N)=O. The molecule has 16 heavy (non-hydrogen) atoms. The van der Waals surface area contributed by atoms with E-state index in [1.165, 1.54) is 0 Å². The number of ether oxygens (including phenoxy) is 2. The van der Waals surface area contributed by atoms with E-state index < -0.39 is 0 Å². The maximum absolute atomic E-state index is 11.1. The molecule has 5 nitrogen and oxygen atoms in total. The van der Waals surface area contributed by atoms with Gasteiger partial charge in [0.2, 0.25) is 5.91 Å². The largest absolute Gasteiger partial charge is 0.377 e. The zero-order valence-corrected chi connectivity index (χ0v) is 9.91. The number of carbonyl (C=O) groups excluding carboxylic acids is 1. The molecule has 0 aromatic rings. The van der Waals surface area contributed by atoms with Crippen LogP contribution in [0.1, 0.15) is 26.2 Å². The Morgan fingerprint density at radius 1 is 1.69 bits per heavy atom. The first kappa shape index (κ1) is 13.4. The van der Waals surface area contributed by atoms with Gasteiger partial charge in [0.1, 0.15) is 6.04 Å². The summed E-state index contributed by atoms with van der Waals surface area (Å²) in [5.74, 6) is -0.360. The van der Waals surface area contributed by atoms with E-state index in [9.17, 15) is 4.79 Å². The Labute approximate surface area is 96.7 Å². The van der Waals surface area contributed by atoms with Crippen LogP contribution in [0.15, 0.2) is 0 Å². The number of nitrogens with two attached hydrogens (primary N) is 1. The van der Waals surface area contributed by atoms with Crippen LogP contribution in [0.2, 0.25) is 0 Å². The highest BCUT2D eigenvalue weighted by molar-refractivity contribution is 5.79. The molecule has 94 valence electrons. The van der Waals surface area contributed by atoms with Gasteiger partial charge in [0.25, 0.3) is 0 Å². The van der Waals surface area contributed by atoms with Crippen LogP contribution in [-0.2, 0) is 14.3 Å². The van der Waals surface area contributed by atoms with Gasteiger partial charge in [-0.15, -0.1) is 0 Å². The van der Waals surface area contributed by atoms with E-state index in [2.05, 4.69) is 5.32 Å². The quantitative estimate of drug-likeness (QED) is 0.617. The second kappa shape index (κ2) is 7.60. The van der Waals surface area contributed by atoms with Crippen molar-refractivity contribution in [3.05, 3.63) is 0 Å². The molecule has 5 heteroatoms. The fraction of sp³-hybridized carbons (Fsp3) is 0.909. The van der Waals surface area contributed by atoms with Crippen LogP contribution in [0.25, 0.3) is 0 Å². The van der Waals surface area contributed by atoms with Crippen molar-refractivity contribution in [3.63, 3.8) is 0 Å². The highest BCUT2D eigenvalue weighted by Gasteiger charge is 2.18. The molecule has 3 N–H and O–H groups in total. The molecule has 1 rings (SSSR count). The molecule has 1 heterocycles. The van der Waals surface area contributed by atoms with Crippen LogP contribution >= 0.6 is 0 Å². The summed E-state index contributed by atoms with van der Waals surface area (Å²) in [4.78, 5) is 11.1. The van der Waals surface area contributed by atoms with E-state index in [4.69, 9.17) is 15.2 Å².